The van der Waals surface area contributed by atoms with E-state index < -0.39 is 16.5 Å². The van der Waals surface area contributed by atoms with Crippen molar-refractivity contribution in [2.45, 2.75) is 13.8 Å². The number of halogens is 1. The van der Waals surface area contributed by atoms with Crippen LogP contribution in [0.2, 0.25) is 5.02 Å². The molecule has 1 heterocycles. The van der Waals surface area contributed by atoms with Crippen LogP contribution >= 0.6 is 11.6 Å². The van der Waals surface area contributed by atoms with Crippen LogP contribution in [0.1, 0.15) is 21.6 Å². The van der Waals surface area contributed by atoms with Gasteiger partial charge in [-0.1, -0.05) is 22.8 Å². The van der Waals surface area contributed by atoms with Gasteiger partial charge in [-0.25, -0.2) is 0 Å². The predicted molar refractivity (Wildman–Crippen MR) is 72.0 cm³/mol. The number of amides is 1. The number of rotatable bonds is 3. The Morgan fingerprint density at radius 1 is 1.45 bits per heavy atom. The summed E-state index contributed by atoms with van der Waals surface area (Å²) in [4.78, 5) is 22.4. The molecule has 0 atom stereocenters. The van der Waals surface area contributed by atoms with Crippen LogP contribution in [0.15, 0.2) is 22.7 Å². The summed E-state index contributed by atoms with van der Waals surface area (Å²) in [6.45, 7) is 3.43. The highest BCUT2D eigenvalue weighted by molar-refractivity contribution is 6.33. The Kier molecular flexibility index (Phi) is 3.71. The van der Waals surface area contributed by atoms with Crippen molar-refractivity contribution < 1.29 is 14.2 Å². The van der Waals surface area contributed by atoms with E-state index in [9.17, 15) is 14.9 Å². The van der Waals surface area contributed by atoms with Gasteiger partial charge in [0.05, 0.1) is 10.6 Å². The minimum atomic E-state index is -0.699. The van der Waals surface area contributed by atoms with Crippen LogP contribution in [-0.4, -0.2) is 16.0 Å². The second kappa shape index (κ2) is 5.30. The molecule has 0 aliphatic carbocycles. The van der Waals surface area contributed by atoms with Crippen LogP contribution in [0, 0.1) is 24.0 Å². The number of nitro benzene ring substituents is 1. The van der Waals surface area contributed by atoms with Crippen LogP contribution < -0.4 is 5.32 Å². The zero-order valence-electron chi connectivity index (χ0n) is 10.6. The molecule has 0 unspecified atom stereocenters. The number of carbonyl (C=O) groups excluding carboxylic acids is 1. The van der Waals surface area contributed by atoms with E-state index in [1.54, 1.807) is 13.8 Å². The van der Waals surface area contributed by atoms with E-state index in [-0.39, 0.29) is 16.5 Å². The molecule has 1 aromatic heterocycles. The molecule has 2 aromatic rings. The molecule has 0 fully saturated rings. The summed E-state index contributed by atoms with van der Waals surface area (Å²) < 4.78 is 4.93. The minimum Gasteiger partial charge on any atom is -0.338 e. The van der Waals surface area contributed by atoms with Gasteiger partial charge in [0.15, 0.2) is 0 Å². The Morgan fingerprint density at radius 2 is 2.15 bits per heavy atom. The molecule has 1 N–H and O–H groups in total. The zero-order valence-corrected chi connectivity index (χ0v) is 11.4. The van der Waals surface area contributed by atoms with Crippen molar-refractivity contribution in [3.8, 4) is 0 Å². The van der Waals surface area contributed by atoms with Crippen LogP contribution in [0.5, 0.6) is 0 Å². The Labute approximate surface area is 118 Å². The van der Waals surface area contributed by atoms with Crippen molar-refractivity contribution in [1.29, 1.82) is 0 Å². The van der Waals surface area contributed by atoms with Gasteiger partial charge in [0, 0.05) is 5.56 Å². The molecule has 0 radical (unpaired) electrons. The van der Waals surface area contributed by atoms with E-state index in [2.05, 4.69) is 10.5 Å². The molecule has 0 saturated heterocycles. The summed E-state index contributed by atoms with van der Waals surface area (Å²) >= 11 is 5.75. The number of hydrogen-bond donors (Lipinski definition) is 1. The highest BCUT2D eigenvalue weighted by Crippen LogP contribution is 2.29. The highest BCUT2D eigenvalue weighted by atomic mass is 35.5. The molecule has 0 bridgehead atoms. The van der Waals surface area contributed by atoms with Crippen molar-refractivity contribution in [2.24, 2.45) is 0 Å². The molecule has 1 aromatic carbocycles. The van der Waals surface area contributed by atoms with Crippen LogP contribution in [0.4, 0.5) is 11.6 Å². The fourth-order valence-corrected chi connectivity index (χ4v) is 1.83. The SMILES string of the molecule is Cc1noc(NC(=O)c2cccc(Cl)c2[N+](=O)[O-])c1C. The number of nitro groups is 1. The van der Waals surface area contributed by atoms with Crippen LogP contribution in [0.25, 0.3) is 0 Å². The van der Waals surface area contributed by atoms with Crippen molar-refractivity contribution in [2.75, 3.05) is 5.32 Å². The Bertz CT molecular complexity index is 696. The summed E-state index contributed by atoms with van der Waals surface area (Å²) in [5.74, 6) is -0.528. The number of anilines is 1. The Morgan fingerprint density at radius 3 is 2.70 bits per heavy atom. The zero-order chi connectivity index (χ0) is 14.9. The first kappa shape index (κ1) is 14.0. The lowest BCUT2D eigenvalue weighted by Crippen LogP contribution is -2.14. The molecule has 8 heteroatoms. The molecule has 20 heavy (non-hydrogen) atoms. The first-order chi connectivity index (χ1) is 9.41. The minimum absolute atomic E-state index is 0.104. The first-order valence-electron chi connectivity index (χ1n) is 5.59. The van der Waals surface area contributed by atoms with E-state index in [0.29, 0.717) is 11.3 Å². The second-order valence-electron chi connectivity index (χ2n) is 4.07. The van der Waals surface area contributed by atoms with Crippen molar-refractivity contribution in [3.63, 3.8) is 0 Å². The van der Waals surface area contributed by atoms with Crippen molar-refractivity contribution >= 4 is 29.1 Å². The average Bonchev–Trinajstić information content (AvgIpc) is 2.70. The average molecular weight is 296 g/mol. The summed E-state index contributed by atoms with van der Waals surface area (Å²) in [6, 6.07) is 4.13. The molecule has 0 saturated carbocycles. The van der Waals surface area contributed by atoms with Gasteiger partial charge in [0.25, 0.3) is 5.91 Å². The Hall–Kier alpha value is -2.41. The normalized spacial score (nSPS) is 10.3. The third kappa shape index (κ3) is 2.48. The van der Waals surface area contributed by atoms with Gasteiger partial charge in [0.1, 0.15) is 10.6 Å². The molecule has 2 rings (SSSR count). The quantitative estimate of drug-likeness (QED) is 0.693. The lowest BCUT2D eigenvalue weighted by molar-refractivity contribution is -0.385. The van der Waals surface area contributed by atoms with Gasteiger partial charge in [-0.15, -0.1) is 0 Å². The third-order valence-corrected chi connectivity index (χ3v) is 3.10. The first-order valence-corrected chi connectivity index (χ1v) is 5.96. The lowest BCUT2D eigenvalue weighted by Gasteiger charge is -2.04. The molecular weight excluding hydrogens is 286 g/mol. The smallest absolute Gasteiger partial charge is 0.300 e. The van der Waals surface area contributed by atoms with Gasteiger partial charge in [-0.2, -0.15) is 0 Å². The maximum Gasteiger partial charge on any atom is 0.300 e. The summed E-state index contributed by atoms with van der Waals surface area (Å²) in [7, 11) is 0. The van der Waals surface area contributed by atoms with E-state index in [1.165, 1.54) is 18.2 Å². The number of carbonyl (C=O) groups is 1. The van der Waals surface area contributed by atoms with E-state index in [0.717, 1.165) is 0 Å². The van der Waals surface area contributed by atoms with Crippen LogP contribution in [-0.2, 0) is 0 Å². The number of benzene rings is 1. The maximum atomic E-state index is 12.1. The predicted octanol–water partition coefficient (Wildman–Crippen LogP) is 3.11. The van der Waals surface area contributed by atoms with E-state index >= 15 is 0 Å². The third-order valence-electron chi connectivity index (χ3n) is 2.80. The fraction of sp³-hybridized carbons (Fsp3) is 0.167. The van der Waals surface area contributed by atoms with Gasteiger partial charge < -0.3 is 4.52 Å². The summed E-state index contributed by atoms with van der Waals surface area (Å²) in [5.41, 5.74) is 0.695. The fourth-order valence-electron chi connectivity index (χ4n) is 1.59. The van der Waals surface area contributed by atoms with E-state index in [4.69, 9.17) is 16.1 Å². The molecule has 7 nitrogen and oxygen atoms in total. The summed E-state index contributed by atoms with van der Waals surface area (Å²) in [6.07, 6.45) is 0. The molecule has 0 aliphatic rings. The lowest BCUT2D eigenvalue weighted by atomic mass is 10.1. The van der Waals surface area contributed by atoms with Gasteiger partial charge in [-0.05, 0) is 26.0 Å². The standard InChI is InChI=1S/C12H10ClN3O4/c1-6-7(2)15-20-12(6)14-11(17)8-4-3-5-9(13)10(8)16(18)19/h3-5H,1-2H3,(H,14,17). The second-order valence-corrected chi connectivity index (χ2v) is 4.48. The van der Waals surface area contributed by atoms with Gasteiger partial charge in [-0.3, -0.25) is 20.2 Å². The number of hydrogen-bond acceptors (Lipinski definition) is 5. The molecule has 104 valence electrons. The molecule has 0 aliphatic heterocycles. The van der Waals surface area contributed by atoms with Gasteiger partial charge in [0.2, 0.25) is 5.88 Å². The topological polar surface area (TPSA) is 98.3 Å². The van der Waals surface area contributed by atoms with Crippen molar-refractivity contribution in [1.82, 2.24) is 5.16 Å². The molecular formula is C12H10ClN3O4. The largest absolute Gasteiger partial charge is 0.338 e. The highest BCUT2D eigenvalue weighted by Gasteiger charge is 2.24. The maximum absolute atomic E-state index is 12.1. The number of aromatic nitrogens is 1. The number of para-hydroxylation sites is 1. The number of nitrogens with zero attached hydrogens (tertiary/aromatic N) is 2. The molecule has 1 amide bonds. The van der Waals surface area contributed by atoms with Gasteiger partial charge >= 0.3 is 5.69 Å². The van der Waals surface area contributed by atoms with Crippen molar-refractivity contribution in [3.05, 3.63) is 50.2 Å². The molecule has 0 spiro atoms. The summed E-state index contributed by atoms with van der Waals surface area (Å²) in [5, 5.41) is 17.0. The van der Waals surface area contributed by atoms with E-state index in [1.807, 2.05) is 0 Å². The number of nitrogens with one attached hydrogen (secondary N) is 1. The Balaban J connectivity index is 2.37. The van der Waals surface area contributed by atoms with Crippen LogP contribution in [0.3, 0.4) is 0 Å². The number of aryl methyl sites for hydroxylation is 1. The monoisotopic (exact) mass is 295 g/mol.